The smallest absolute Gasteiger partial charge is 0.0106 e. The zero-order valence-electron chi connectivity index (χ0n) is 7.51. The molecule has 2 heteroatoms. The molecule has 2 nitrogen and oxygen atoms in total. The van der Waals surface area contributed by atoms with Crippen LogP contribution in [0.25, 0.3) is 0 Å². The Bertz CT molecular complexity index is 154. The molecule has 0 aliphatic carbocycles. The first-order chi connectivity index (χ1) is 5.11. The molecule has 0 saturated carbocycles. The third-order valence-corrected chi connectivity index (χ3v) is 2.72. The predicted octanol–water partition coefficient (Wildman–Crippen LogP) is 1.19. The van der Waals surface area contributed by atoms with Crippen LogP contribution in [0, 0.1) is 5.92 Å². The van der Waals surface area contributed by atoms with Crippen LogP contribution >= 0.6 is 0 Å². The molecule has 11 heavy (non-hydrogen) atoms. The molecular formula is C9H18N2. The number of hydrogen-bond donors (Lipinski definition) is 1. The summed E-state index contributed by atoms with van der Waals surface area (Å²) in [6.07, 6.45) is 2.46. The number of piperidine rings is 1. The van der Waals surface area contributed by atoms with E-state index in [1.165, 1.54) is 12.8 Å². The number of likely N-dealkylation sites (tertiary alicyclic amines) is 1. The summed E-state index contributed by atoms with van der Waals surface area (Å²) in [5.74, 6) is 0.524. The Balaban J connectivity index is 2.46. The van der Waals surface area contributed by atoms with Crippen molar-refractivity contribution in [2.75, 3.05) is 13.6 Å². The molecule has 1 aliphatic heterocycles. The van der Waals surface area contributed by atoms with Gasteiger partial charge in [-0.2, -0.15) is 0 Å². The van der Waals surface area contributed by atoms with Gasteiger partial charge in [0.2, 0.25) is 0 Å². The molecule has 1 fully saturated rings. The van der Waals surface area contributed by atoms with E-state index in [9.17, 15) is 0 Å². The molecule has 0 radical (unpaired) electrons. The summed E-state index contributed by atoms with van der Waals surface area (Å²) in [7, 11) is 2.15. The summed E-state index contributed by atoms with van der Waals surface area (Å²) in [6, 6.07) is 0.714. The van der Waals surface area contributed by atoms with Gasteiger partial charge in [0.1, 0.15) is 0 Å². The molecule has 2 atom stereocenters. The van der Waals surface area contributed by atoms with E-state index in [0.717, 1.165) is 12.2 Å². The fourth-order valence-electron chi connectivity index (χ4n) is 1.58. The van der Waals surface area contributed by atoms with Gasteiger partial charge in [0.25, 0.3) is 0 Å². The van der Waals surface area contributed by atoms with Crippen molar-refractivity contribution in [2.24, 2.45) is 11.7 Å². The van der Waals surface area contributed by atoms with Gasteiger partial charge in [0.05, 0.1) is 0 Å². The minimum atomic E-state index is 0.524. The van der Waals surface area contributed by atoms with E-state index in [-0.39, 0.29) is 0 Å². The van der Waals surface area contributed by atoms with Crippen molar-refractivity contribution in [1.29, 1.82) is 0 Å². The molecule has 0 spiro atoms. The van der Waals surface area contributed by atoms with E-state index in [1.54, 1.807) is 0 Å². The lowest BCUT2D eigenvalue weighted by Crippen LogP contribution is -2.40. The van der Waals surface area contributed by atoms with Gasteiger partial charge < -0.3 is 10.6 Å². The lowest BCUT2D eigenvalue weighted by atomic mass is 9.92. The summed E-state index contributed by atoms with van der Waals surface area (Å²) < 4.78 is 0. The summed E-state index contributed by atoms with van der Waals surface area (Å²) >= 11 is 0. The minimum absolute atomic E-state index is 0.524. The van der Waals surface area contributed by atoms with Crippen LogP contribution in [0.1, 0.15) is 19.8 Å². The van der Waals surface area contributed by atoms with E-state index < -0.39 is 0 Å². The highest BCUT2D eigenvalue weighted by molar-refractivity contribution is 4.98. The van der Waals surface area contributed by atoms with Crippen molar-refractivity contribution in [3.8, 4) is 0 Å². The average molecular weight is 154 g/mol. The average Bonchev–Trinajstić information content (AvgIpc) is 1.94. The Morgan fingerprint density at radius 3 is 2.64 bits per heavy atom. The van der Waals surface area contributed by atoms with Crippen LogP contribution in [0.3, 0.4) is 0 Å². The molecule has 0 aromatic rings. The van der Waals surface area contributed by atoms with Gasteiger partial charge in [-0.15, -0.1) is 0 Å². The molecule has 0 unspecified atom stereocenters. The summed E-state index contributed by atoms with van der Waals surface area (Å²) in [4.78, 5) is 2.35. The fourth-order valence-corrected chi connectivity index (χ4v) is 1.58. The van der Waals surface area contributed by atoms with Crippen LogP contribution in [0.2, 0.25) is 0 Å². The van der Waals surface area contributed by atoms with E-state index >= 15 is 0 Å². The SMILES string of the molecule is C=C(N)[C@@H]1CC[C@H](C)N(C)C1. The Hall–Kier alpha value is -0.500. The topological polar surface area (TPSA) is 29.3 Å². The Morgan fingerprint density at radius 2 is 2.18 bits per heavy atom. The van der Waals surface area contributed by atoms with Crippen molar-refractivity contribution in [3.63, 3.8) is 0 Å². The standard InChI is InChI=1S/C9H18N2/c1-7-4-5-9(8(2)10)6-11(7)3/h7,9H,2,4-6,10H2,1,3H3/t7-,9+/m0/s1. The van der Waals surface area contributed by atoms with Gasteiger partial charge in [-0.05, 0) is 26.8 Å². The van der Waals surface area contributed by atoms with E-state index in [0.29, 0.717) is 12.0 Å². The molecule has 0 amide bonds. The van der Waals surface area contributed by atoms with E-state index in [2.05, 4.69) is 25.5 Å². The first kappa shape index (κ1) is 8.60. The molecule has 1 heterocycles. The largest absolute Gasteiger partial charge is 0.402 e. The van der Waals surface area contributed by atoms with Crippen LogP contribution in [0.5, 0.6) is 0 Å². The molecule has 0 aromatic carbocycles. The highest BCUT2D eigenvalue weighted by Gasteiger charge is 2.22. The first-order valence-electron chi connectivity index (χ1n) is 4.25. The maximum atomic E-state index is 5.65. The summed E-state index contributed by atoms with van der Waals surface area (Å²) in [5.41, 5.74) is 6.50. The van der Waals surface area contributed by atoms with Crippen molar-refractivity contribution in [1.82, 2.24) is 4.90 Å². The lowest BCUT2D eigenvalue weighted by Gasteiger charge is -2.35. The molecule has 1 aliphatic rings. The molecule has 0 bridgehead atoms. The highest BCUT2D eigenvalue weighted by atomic mass is 15.1. The number of rotatable bonds is 1. The zero-order chi connectivity index (χ0) is 8.43. The van der Waals surface area contributed by atoms with Gasteiger partial charge in [-0.25, -0.2) is 0 Å². The third kappa shape index (κ3) is 1.96. The Labute approximate surface area is 69.1 Å². The van der Waals surface area contributed by atoms with Gasteiger partial charge in [-0.3, -0.25) is 0 Å². The van der Waals surface area contributed by atoms with Crippen LogP contribution < -0.4 is 5.73 Å². The predicted molar refractivity (Wildman–Crippen MR) is 48.1 cm³/mol. The number of nitrogens with two attached hydrogens (primary N) is 1. The lowest BCUT2D eigenvalue weighted by molar-refractivity contribution is 0.164. The third-order valence-electron chi connectivity index (χ3n) is 2.72. The second kappa shape index (κ2) is 3.26. The maximum Gasteiger partial charge on any atom is 0.0106 e. The van der Waals surface area contributed by atoms with E-state index in [1.807, 2.05) is 0 Å². The number of nitrogens with zero attached hydrogens (tertiary/aromatic N) is 1. The van der Waals surface area contributed by atoms with Crippen molar-refractivity contribution >= 4 is 0 Å². The summed E-state index contributed by atoms with van der Waals surface area (Å²) in [6.45, 7) is 7.13. The van der Waals surface area contributed by atoms with Gasteiger partial charge >= 0.3 is 0 Å². The fraction of sp³-hybridized carbons (Fsp3) is 0.778. The quantitative estimate of drug-likeness (QED) is 0.614. The first-order valence-corrected chi connectivity index (χ1v) is 4.25. The molecular weight excluding hydrogens is 136 g/mol. The van der Waals surface area contributed by atoms with E-state index in [4.69, 9.17) is 5.73 Å². The van der Waals surface area contributed by atoms with Gasteiger partial charge in [0.15, 0.2) is 0 Å². The monoisotopic (exact) mass is 154 g/mol. The Morgan fingerprint density at radius 1 is 1.55 bits per heavy atom. The second-order valence-corrected chi connectivity index (χ2v) is 3.64. The number of hydrogen-bond acceptors (Lipinski definition) is 2. The molecule has 2 N–H and O–H groups in total. The molecule has 0 aromatic heterocycles. The summed E-state index contributed by atoms with van der Waals surface area (Å²) in [5, 5.41) is 0. The van der Waals surface area contributed by atoms with Crippen LogP contribution in [0.15, 0.2) is 12.3 Å². The van der Waals surface area contributed by atoms with Crippen molar-refractivity contribution in [3.05, 3.63) is 12.3 Å². The zero-order valence-corrected chi connectivity index (χ0v) is 7.51. The second-order valence-electron chi connectivity index (χ2n) is 3.64. The van der Waals surface area contributed by atoms with Crippen LogP contribution in [-0.4, -0.2) is 24.5 Å². The minimum Gasteiger partial charge on any atom is -0.402 e. The van der Waals surface area contributed by atoms with Crippen molar-refractivity contribution < 1.29 is 0 Å². The Kier molecular flexibility index (Phi) is 2.55. The van der Waals surface area contributed by atoms with Gasteiger partial charge in [0, 0.05) is 24.2 Å². The maximum absolute atomic E-state index is 5.65. The van der Waals surface area contributed by atoms with Crippen LogP contribution in [0.4, 0.5) is 0 Å². The molecule has 1 rings (SSSR count). The highest BCUT2D eigenvalue weighted by Crippen LogP contribution is 2.22. The molecule has 1 saturated heterocycles. The van der Waals surface area contributed by atoms with Crippen molar-refractivity contribution in [2.45, 2.75) is 25.8 Å². The van der Waals surface area contributed by atoms with Crippen LogP contribution in [-0.2, 0) is 0 Å². The normalized spacial score (nSPS) is 33.6. The van der Waals surface area contributed by atoms with Gasteiger partial charge in [-0.1, -0.05) is 6.58 Å². The molecule has 64 valence electrons.